The summed E-state index contributed by atoms with van der Waals surface area (Å²) in [4.78, 5) is 10.4. The highest BCUT2D eigenvalue weighted by Gasteiger charge is 2.18. The van der Waals surface area contributed by atoms with Crippen LogP contribution in [0.3, 0.4) is 0 Å². The maximum absolute atomic E-state index is 10.4. The molecule has 0 bridgehead atoms. The van der Waals surface area contributed by atoms with E-state index in [0.29, 0.717) is 0 Å². The Hall–Kier alpha value is -1.50. The van der Waals surface area contributed by atoms with Gasteiger partial charge < -0.3 is 11.1 Å². The quantitative estimate of drug-likeness (QED) is 0.488. The number of carbonyl (C=O) groups excluding carboxylic acids is 1. The molecule has 1 fully saturated rings. The van der Waals surface area contributed by atoms with Crippen molar-refractivity contribution in [3.05, 3.63) is 6.33 Å². The SMILES string of the molecule is NC(=O)[C@@H]1CCCN1.c1nnn[nH]1. The van der Waals surface area contributed by atoms with E-state index in [-0.39, 0.29) is 11.9 Å². The zero-order valence-corrected chi connectivity index (χ0v) is 7.10. The van der Waals surface area contributed by atoms with E-state index in [9.17, 15) is 4.79 Å². The zero-order chi connectivity index (χ0) is 9.52. The van der Waals surface area contributed by atoms with Gasteiger partial charge in [-0.05, 0) is 29.8 Å². The molecule has 0 saturated carbocycles. The first-order valence-electron chi connectivity index (χ1n) is 4.00. The van der Waals surface area contributed by atoms with Gasteiger partial charge in [-0.1, -0.05) is 0 Å². The molecule has 0 unspecified atom stereocenters. The summed E-state index contributed by atoms with van der Waals surface area (Å²) in [5.41, 5.74) is 5.00. The Morgan fingerprint density at radius 1 is 1.62 bits per heavy atom. The lowest BCUT2D eigenvalue weighted by atomic mass is 10.2. The van der Waals surface area contributed by atoms with E-state index in [2.05, 4.69) is 25.9 Å². The fraction of sp³-hybridized carbons (Fsp3) is 0.667. The van der Waals surface area contributed by atoms with Gasteiger partial charge in [-0.25, -0.2) is 5.10 Å². The number of aromatic amines is 1. The topological polar surface area (TPSA) is 110 Å². The van der Waals surface area contributed by atoms with Crippen LogP contribution < -0.4 is 11.1 Å². The minimum Gasteiger partial charge on any atom is -0.368 e. The van der Waals surface area contributed by atoms with Gasteiger partial charge in [0.05, 0.1) is 6.04 Å². The van der Waals surface area contributed by atoms with Crippen LogP contribution in [0, 0.1) is 0 Å². The van der Waals surface area contributed by atoms with Crippen LogP contribution in [0.4, 0.5) is 0 Å². The fourth-order valence-corrected chi connectivity index (χ4v) is 1.06. The first-order chi connectivity index (χ1) is 6.30. The van der Waals surface area contributed by atoms with Crippen LogP contribution in [0.1, 0.15) is 12.8 Å². The summed E-state index contributed by atoms with van der Waals surface area (Å²) in [6.07, 6.45) is 3.39. The number of aromatic nitrogens is 4. The molecule has 13 heavy (non-hydrogen) atoms. The van der Waals surface area contributed by atoms with E-state index in [0.717, 1.165) is 19.4 Å². The van der Waals surface area contributed by atoms with E-state index in [1.807, 2.05) is 0 Å². The third-order valence-electron chi connectivity index (χ3n) is 1.67. The highest BCUT2D eigenvalue weighted by atomic mass is 16.1. The van der Waals surface area contributed by atoms with Crippen LogP contribution in [0.2, 0.25) is 0 Å². The Kier molecular flexibility index (Phi) is 3.83. The van der Waals surface area contributed by atoms with Crippen molar-refractivity contribution in [3.63, 3.8) is 0 Å². The van der Waals surface area contributed by atoms with Gasteiger partial charge in [0.25, 0.3) is 0 Å². The van der Waals surface area contributed by atoms with Gasteiger partial charge in [0.15, 0.2) is 0 Å². The molecule has 7 heteroatoms. The second kappa shape index (κ2) is 5.20. The average molecular weight is 184 g/mol. The summed E-state index contributed by atoms with van der Waals surface area (Å²) in [5.74, 6) is -0.220. The molecule has 0 radical (unpaired) electrons. The van der Waals surface area contributed by atoms with Crippen molar-refractivity contribution in [1.82, 2.24) is 25.9 Å². The summed E-state index contributed by atoms with van der Waals surface area (Å²) in [7, 11) is 0. The summed E-state index contributed by atoms with van der Waals surface area (Å²) in [6, 6.07) is -0.0463. The van der Waals surface area contributed by atoms with Crippen molar-refractivity contribution >= 4 is 5.91 Å². The number of nitrogens with zero attached hydrogens (tertiary/aromatic N) is 3. The van der Waals surface area contributed by atoms with Crippen LogP contribution in [0.5, 0.6) is 0 Å². The lowest BCUT2D eigenvalue weighted by Crippen LogP contribution is -2.36. The van der Waals surface area contributed by atoms with Gasteiger partial charge in [-0.3, -0.25) is 4.79 Å². The molecule has 72 valence electrons. The van der Waals surface area contributed by atoms with Crippen LogP contribution in [0.15, 0.2) is 6.33 Å². The van der Waals surface area contributed by atoms with Crippen LogP contribution >= 0.6 is 0 Å². The van der Waals surface area contributed by atoms with Crippen LogP contribution in [-0.4, -0.2) is 39.1 Å². The Morgan fingerprint density at radius 2 is 2.46 bits per heavy atom. The van der Waals surface area contributed by atoms with E-state index in [1.54, 1.807) is 0 Å². The molecule has 1 aliphatic heterocycles. The standard InChI is InChI=1S/C5H10N2O.CH2N4/c6-5(8)4-2-1-3-7-4;1-2-4-5-3-1/h4,7H,1-3H2,(H2,6,8);1H,(H,2,3,4,5)/t4-;/m0./s1. The van der Waals surface area contributed by atoms with E-state index in [4.69, 9.17) is 5.73 Å². The molecule has 2 rings (SSSR count). The molecule has 1 saturated heterocycles. The first-order valence-corrected chi connectivity index (χ1v) is 4.00. The lowest BCUT2D eigenvalue weighted by Gasteiger charge is -2.01. The van der Waals surface area contributed by atoms with Gasteiger partial charge in [-0.2, -0.15) is 0 Å². The van der Waals surface area contributed by atoms with Crippen molar-refractivity contribution in [3.8, 4) is 0 Å². The zero-order valence-electron chi connectivity index (χ0n) is 7.10. The highest BCUT2D eigenvalue weighted by Crippen LogP contribution is 2.02. The summed E-state index contributed by atoms with van der Waals surface area (Å²) in [5, 5.41) is 15.1. The normalized spacial score (nSPS) is 20.5. The molecule has 1 aliphatic rings. The van der Waals surface area contributed by atoms with E-state index in [1.165, 1.54) is 6.33 Å². The van der Waals surface area contributed by atoms with Crippen LogP contribution in [0.25, 0.3) is 0 Å². The number of tetrazole rings is 1. The second-order valence-electron chi connectivity index (χ2n) is 2.61. The molecule has 1 atom stereocenters. The Balaban J connectivity index is 0.000000145. The molecule has 0 spiro atoms. The molecule has 1 amide bonds. The number of H-pyrrole nitrogens is 1. The number of nitrogens with one attached hydrogen (secondary N) is 2. The molecule has 4 N–H and O–H groups in total. The maximum atomic E-state index is 10.4. The van der Waals surface area contributed by atoms with Crippen LogP contribution in [-0.2, 0) is 4.79 Å². The third kappa shape index (κ3) is 3.61. The number of hydrogen-bond acceptors (Lipinski definition) is 5. The summed E-state index contributed by atoms with van der Waals surface area (Å²) in [6.45, 7) is 0.938. The van der Waals surface area contributed by atoms with Gasteiger partial charge in [0.1, 0.15) is 6.33 Å². The Labute approximate surface area is 75.1 Å². The second-order valence-corrected chi connectivity index (χ2v) is 2.61. The Bertz CT molecular complexity index is 212. The third-order valence-corrected chi connectivity index (χ3v) is 1.67. The first kappa shape index (κ1) is 9.59. The smallest absolute Gasteiger partial charge is 0.234 e. The van der Waals surface area contributed by atoms with Crippen molar-refractivity contribution in [2.45, 2.75) is 18.9 Å². The van der Waals surface area contributed by atoms with Crippen molar-refractivity contribution < 1.29 is 4.79 Å². The number of nitrogens with two attached hydrogens (primary N) is 1. The molecular weight excluding hydrogens is 172 g/mol. The predicted octanol–water partition coefficient (Wildman–Crippen LogP) is -1.58. The molecule has 2 heterocycles. The van der Waals surface area contributed by atoms with E-state index < -0.39 is 0 Å². The van der Waals surface area contributed by atoms with Crippen molar-refractivity contribution in [2.75, 3.05) is 6.54 Å². The van der Waals surface area contributed by atoms with E-state index >= 15 is 0 Å². The van der Waals surface area contributed by atoms with Gasteiger partial charge in [-0.15, -0.1) is 5.10 Å². The molecule has 7 nitrogen and oxygen atoms in total. The lowest BCUT2D eigenvalue weighted by molar-refractivity contribution is -0.119. The maximum Gasteiger partial charge on any atom is 0.234 e. The van der Waals surface area contributed by atoms with Gasteiger partial charge >= 0.3 is 0 Å². The predicted molar refractivity (Wildman–Crippen MR) is 44.4 cm³/mol. The average Bonchev–Trinajstić information content (AvgIpc) is 2.82. The van der Waals surface area contributed by atoms with Gasteiger partial charge in [0, 0.05) is 0 Å². The van der Waals surface area contributed by atoms with Gasteiger partial charge in [0.2, 0.25) is 5.91 Å². The minimum absolute atomic E-state index is 0.0463. The number of hydrogen-bond donors (Lipinski definition) is 3. The minimum atomic E-state index is -0.220. The molecule has 0 aromatic carbocycles. The summed E-state index contributed by atoms with van der Waals surface area (Å²) < 4.78 is 0. The molecule has 1 aromatic rings. The van der Waals surface area contributed by atoms with Crippen molar-refractivity contribution in [2.24, 2.45) is 5.73 Å². The Morgan fingerprint density at radius 3 is 2.69 bits per heavy atom. The summed E-state index contributed by atoms with van der Waals surface area (Å²) >= 11 is 0. The highest BCUT2D eigenvalue weighted by molar-refractivity contribution is 5.80. The monoisotopic (exact) mass is 184 g/mol. The number of primary amides is 1. The largest absolute Gasteiger partial charge is 0.368 e. The molecular formula is C6H12N6O. The molecule has 1 aromatic heterocycles. The number of amides is 1. The van der Waals surface area contributed by atoms with Crippen molar-refractivity contribution in [1.29, 1.82) is 0 Å². The molecule has 0 aliphatic carbocycles. The number of rotatable bonds is 1. The fourth-order valence-electron chi connectivity index (χ4n) is 1.06. The number of carbonyl (C=O) groups is 1.